The Morgan fingerprint density at radius 2 is 1.76 bits per heavy atom. The lowest BCUT2D eigenvalue weighted by Crippen LogP contribution is -2.39. The standard InChI is InChI=1S/C33H41NO8/c1-2-20(16-21-12-14-27(37)24-9-6-5-8-23(21)24)11-13-28(38)30-22(18-35)17-25-31(26(30)19-36)33(42)34(32(25)41)15-7-3-4-10-29(39)40/h5-6,8-9,12,14,16,25-26,28,31,35-38H,2-4,7,10-11,13,15,17-19H2,1H3,(H,39,40)/b20-16+/t25-,26+,28-,31-/m1/s1. The lowest BCUT2D eigenvalue weighted by Gasteiger charge is -2.36. The Hall–Kier alpha value is -3.53. The first kappa shape index (κ1) is 31.4. The molecule has 0 radical (unpaired) electrons. The lowest BCUT2D eigenvalue weighted by atomic mass is 9.68. The maximum absolute atomic E-state index is 13.4. The zero-order valence-corrected chi connectivity index (χ0v) is 24.0. The molecule has 5 N–H and O–H groups in total. The molecule has 2 aromatic rings. The van der Waals surface area contributed by atoms with Crippen LogP contribution in [0.3, 0.4) is 0 Å². The number of nitrogens with zero attached hydrogens (tertiary/aromatic N) is 1. The van der Waals surface area contributed by atoms with E-state index in [0.717, 1.165) is 28.3 Å². The van der Waals surface area contributed by atoms with Crippen molar-refractivity contribution in [3.63, 3.8) is 0 Å². The van der Waals surface area contributed by atoms with Gasteiger partial charge in [0.05, 0.1) is 31.2 Å². The summed E-state index contributed by atoms with van der Waals surface area (Å²) in [5.41, 5.74) is 2.98. The number of allylic oxidation sites excluding steroid dienone is 1. The number of carbonyl (C=O) groups is 3. The van der Waals surface area contributed by atoms with Crippen LogP contribution in [-0.4, -0.2) is 74.1 Å². The number of hydrogen-bond donors (Lipinski definition) is 5. The molecule has 2 amide bonds. The Balaban J connectivity index is 1.49. The van der Waals surface area contributed by atoms with Gasteiger partial charge in [0.15, 0.2) is 0 Å². The predicted molar refractivity (Wildman–Crippen MR) is 158 cm³/mol. The highest BCUT2D eigenvalue weighted by Gasteiger charge is 2.54. The summed E-state index contributed by atoms with van der Waals surface area (Å²) in [7, 11) is 0. The molecule has 226 valence electrons. The number of carboxylic acid groups (broad SMARTS) is 1. The Labute approximate surface area is 245 Å². The molecule has 1 heterocycles. The lowest BCUT2D eigenvalue weighted by molar-refractivity contribution is -0.141. The van der Waals surface area contributed by atoms with Crippen LogP contribution in [0.2, 0.25) is 0 Å². The van der Waals surface area contributed by atoms with E-state index in [4.69, 9.17) is 5.11 Å². The minimum atomic E-state index is -1.01. The molecule has 4 atom stereocenters. The Bertz CT molecular complexity index is 1380. The van der Waals surface area contributed by atoms with Gasteiger partial charge in [-0.05, 0) is 66.7 Å². The van der Waals surface area contributed by atoms with Crippen LogP contribution < -0.4 is 0 Å². The zero-order valence-electron chi connectivity index (χ0n) is 24.0. The fourth-order valence-corrected chi connectivity index (χ4v) is 6.59. The summed E-state index contributed by atoms with van der Waals surface area (Å²) in [6.45, 7) is 1.41. The van der Waals surface area contributed by atoms with Crippen LogP contribution in [0.15, 0.2) is 53.1 Å². The molecule has 1 saturated heterocycles. The number of amides is 2. The molecule has 0 saturated carbocycles. The number of imide groups is 1. The largest absolute Gasteiger partial charge is 0.507 e. The van der Waals surface area contributed by atoms with E-state index in [1.807, 2.05) is 37.3 Å². The molecule has 42 heavy (non-hydrogen) atoms. The summed E-state index contributed by atoms with van der Waals surface area (Å²) >= 11 is 0. The molecule has 0 unspecified atom stereocenters. The van der Waals surface area contributed by atoms with Gasteiger partial charge in [0.2, 0.25) is 11.8 Å². The maximum atomic E-state index is 13.4. The Morgan fingerprint density at radius 1 is 1.02 bits per heavy atom. The molecule has 0 aromatic heterocycles. The topological polar surface area (TPSA) is 156 Å². The van der Waals surface area contributed by atoms with Gasteiger partial charge >= 0.3 is 5.97 Å². The molecule has 0 spiro atoms. The van der Waals surface area contributed by atoms with E-state index in [-0.39, 0.29) is 43.6 Å². The number of fused-ring (bicyclic) bond motifs is 2. The van der Waals surface area contributed by atoms with Crippen LogP contribution in [0.1, 0.15) is 63.9 Å². The van der Waals surface area contributed by atoms with Crippen molar-refractivity contribution in [3.8, 4) is 5.75 Å². The number of aliphatic hydroxyl groups excluding tert-OH is 3. The summed E-state index contributed by atoms with van der Waals surface area (Å²) in [6.07, 6.45) is 4.34. The zero-order chi connectivity index (χ0) is 30.4. The van der Waals surface area contributed by atoms with Gasteiger partial charge in [-0.3, -0.25) is 19.3 Å². The van der Waals surface area contributed by atoms with Gasteiger partial charge in [-0.1, -0.05) is 55.3 Å². The van der Waals surface area contributed by atoms with Crippen LogP contribution in [0.25, 0.3) is 16.8 Å². The summed E-state index contributed by atoms with van der Waals surface area (Å²) in [5, 5.41) is 52.7. The second-order valence-corrected chi connectivity index (χ2v) is 11.3. The molecular formula is C33H41NO8. The van der Waals surface area contributed by atoms with Crippen LogP contribution in [0.5, 0.6) is 5.75 Å². The Kier molecular flexibility index (Phi) is 10.5. The van der Waals surface area contributed by atoms with Crippen molar-refractivity contribution in [3.05, 3.63) is 58.7 Å². The molecule has 1 fully saturated rings. The second kappa shape index (κ2) is 14.1. The average Bonchev–Trinajstić information content (AvgIpc) is 3.23. The molecule has 2 aromatic carbocycles. The predicted octanol–water partition coefficient (Wildman–Crippen LogP) is 4.03. The van der Waals surface area contributed by atoms with E-state index in [1.54, 1.807) is 6.07 Å². The van der Waals surface area contributed by atoms with Crippen molar-refractivity contribution in [1.29, 1.82) is 0 Å². The number of aliphatic hydroxyl groups is 3. The number of rotatable bonds is 14. The first-order valence-electron chi connectivity index (χ1n) is 14.8. The third kappa shape index (κ3) is 6.59. The van der Waals surface area contributed by atoms with Gasteiger partial charge in [0.25, 0.3) is 0 Å². The van der Waals surface area contributed by atoms with E-state index in [9.17, 15) is 34.8 Å². The number of aliphatic carboxylic acids is 1. The van der Waals surface area contributed by atoms with Gasteiger partial charge in [-0.25, -0.2) is 0 Å². The molecule has 4 rings (SSSR count). The van der Waals surface area contributed by atoms with Crippen molar-refractivity contribution in [1.82, 2.24) is 4.90 Å². The van der Waals surface area contributed by atoms with Crippen molar-refractivity contribution in [2.75, 3.05) is 19.8 Å². The third-order valence-electron chi connectivity index (χ3n) is 8.78. The summed E-state index contributed by atoms with van der Waals surface area (Å²) < 4.78 is 0. The average molecular weight is 580 g/mol. The minimum Gasteiger partial charge on any atom is -0.507 e. The number of carbonyl (C=O) groups excluding carboxylic acids is 2. The number of phenolic OH excluding ortho intramolecular Hbond substituents is 1. The number of aromatic hydroxyl groups is 1. The third-order valence-corrected chi connectivity index (χ3v) is 8.78. The van der Waals surface area contributed by atoms with Crippen LogP contribution in [0.4, 0.5) is 0 Å². The molecule has 1 aliphatic heterocycles. The van der Waals surface area contributed by atoms with Crippen molar-refractivity contribution >= 4 is 34.6 Å². The van der Waals surface area contributed by atoms with Crippen LogP contribution in [-0.2, 0) is 14.4 Å². The molecular weight excluding hydrogens is 538 g/mol. The summed E-state index contributed by atoms with van der Waals surface area (Å²) in [4.78, 5) is 38.6. The summed E-state index contributed by atoms with van der Waals surface area (Å²) in [6, 6.07) is 11.1. The fraction of sp³-hybridized carbons (Fsp3) is 0.485. The highest BCUT2D eigenvalue weighted by atomic mass is 16.4. The number of unbranched alkanes of at least 4 members (excludes halogenated alkanes) is 2. The Morgan fingerprint density at radius 3 is 2.43 bits per heavy atom. The second-order valence-electron chi connectivity index (χ2n) is 11.3. The quantitative estimate of drug-likeness (QED) is 0.128. The van der Waals surface area contributed by atoms with Crippen LogP contribution >= 0.6 is 0 Å². The van der Waals surface area contributed by atoms with Gasteiger partial charge in [-0.15, -0.1) is 0 Å². The van der Waals surface area contributed by atoms with E-state index in [0.29, 0.717) is 43.3 Å². The molecule has 9 heteroatoms. The maximum Gasteiger partial charge on any atom is 0.303 e. The molecule has 1 aliphatic carbocycles. The fourth-order valence-electron chi connectivity index (χ4n) is 6.59. The number of likely N-dealkylation sites (tertiary alicyclic amines) is 1. The molecule has 2 aliphatic rings. The smallest absolute Gasteiger partial charge is 0.303 e. The SMILES string of the molecule is CC/C(=C\c1ccc(O)c2ccccc12)CC[C@@H](O)C1=C(CO)C[C@H]2C(=O)N(CCCCCC(=O)O)C(=O)[C@H]2[C@H]1CO. The van der Waals surface area contributed by atoms with Crippen LogP contribution in [0, 0.1) is 17.8 Å². The monoisotopic (exact) mass is 579 g/mol. The van der Waals surface area contributed by atoms with E-state index < -0.39 is 36.4 Å². The molecule has 0 bridgehead atoms. The highest BCUT2D eigenvalue weighted by molar-refractivity contribution is 6.06. The molecule has 9 nitrogen and oxygen atoms in total. The first-order chi connectivity index (χ1) is 20.2. The van der Waals surface area contributed by atoms with Crippen molar-refractivity contribution < 1.29 is 39.9 Å². The van der Waals surface area contributed by atoms with E-state index in [1.165, 1.54) is 4.90 Å². The van der Waals surface area contributed by atoms with Crippen molar-refractivity contribution in [2.45, 2.75) is 64.4 Å². The number of carboxylic acids is 1. The number of benzene rings is 2. The van der Waals surface area contributed by atoms with Gasteiger partial charge in [-0.2, -0.15) is 0 Å². The number of phenols is 1. The normalized spacial score (nSPS) is 21.8. The van der Waals surface area contributed by atoms with Crippen molar-refractivity contribution in [2.24, 2.45) is 17.8 Å². The van der Waals surface area contributed by atoms with Gasteiger partial charge < -0.3 is 25.5 Å². The number of hydrogen-bond acceptors (Lipinski definition) is 7. The minimum absolute atomic E-state index is 0.0330. The highest BCUT2D eigenvalue weighted by Crippen LogP contribution is 2.46. The van der Waals surface area contributed by atoms with E-state index in [2.05, 4.69) is 6.08 Å². The first-order valence-corrected chi connectivity index (χ1v) is 14.8. The van der Waals surface area contributed by atoms with Gasteiger partial charge in [0, 0.05) is 24.3 Å². The van der Waals surface area contributed by atoms with Gasteiger partial charge in [0.1, 0.15) is 5.75 Å². The van der Waals surface area contributed by atoms with E-state index >= 15 is 0 Å². The summed E-state index contributed by atoms with van der Waals surface area (Å²) in [5.74, 6) is -3.65.